The molecule has 1 aromatic carbocycles. The van der Waals surface area contributed by atoms with Crippen LogP contribution in [-0.4, -0.2) is 25.7 Å². The van der Waals surface area contributed by atoms with E-state index < -0.39 is 0 Å². The molecule has 1 saturated heterocycles. The van der Waals surface area contributed by atoms with Crippen molar-refractivity contribution in [3.63, 3.8) is 0 Å². The fraction of sp³-hybridized carbons (Fsp3) is 0.273. The maximum atomic E-state index is 12.7. The Hall–Kier alpha value is -3.52. The summed E-state index contributed by atoms with van der Waals surface area (Å²) in [5, 5.41) is 4.11. The summed E-state index contributed by atoms with van der Waals surface area (Å²) in [7, 11) is 0. The molecule has 4 heterocycles. The van der Waals surface area contributed by atoms with E-state index >= 15 is 0 Å². The van der Waals surface area contributed by atoms with Gasteiger partial charge in [0.25, 0.3) is 11.1 Å². The number of hydrogen-bond acceptors (Lipinski definition) is 6. The lowest BCUT2D eigenvalue weighted by atomic mass is 9.99. The van der Waals surface area contributed by atoms with Gasteiger partial charge in [0.2, 0.25) is 5.89 Å². The second-order valence-corrected chi connectivity index (χ2v) is 7.56. The number of benzene rings is 1. The van der Waals surface area contributed by atoms with E-state index in [0.717, 1.165) is 12.0 Å². The Kier molecular flexibility index (Phi) is 4.55. The molecule has 1 aliphatic heterocycles. The zero-order chi connectivity index (χ0) is 20.7. The Bertz CT molecular complexity index is 1320. The summed E-state index contributed by atoms with van der Waals surface area (Å²) in [6.07, 6.45) is 3.90. The van der Waals surface area contributed by atoms with Gasteiger partial charge < -0.3 is 13.8 Å². The number of aryl methyl sites for hydroxylation is 1. The second-order valence-electron chi connectivity index (χ2n) is 7.56. The van der Waals surface area contributed by atoms with Crippen molar-refractivity contribution < 1.29 is 9.26 Å². The largest absolute Gasteiger partial charge is 0.373 e. The van der Waals surface area contributed by atoms with E-state index in [2.05, 4.69) is 41.3 Å². The van der Waals surface area contributed by atoms with Crippen LogP contribution in [0.15, 0.2) is 69.0 Å². The number of rotatable bonds is 4. The predicted molar refractivity (Wildman–Crippen MR) is 109 cm³/mol. The number of ether oxygens (including phenoxy) is 1. The Balaban J connectivity index is 1.33. The van der Waals surface area contributed by atoms with Gasteiger partial charge in [-0.15, -0.1) is 0 Å². The standard InChI is InChI=1S/C22H20N4O4/c1-14-5-7-15(8-6-14)18-11-16(13-29-18)21-23-19(30-24-21)12-25-9-10-26-17(22(25)28)3-2-4-20(26)27/h2-10,16,18H,11-13H2,1H3/t16-,18+/m0/s1. The molecule has 0 bridgehead atoms. The zero-order valence-corrected chi connectivity index (χ0v) is 16.4. The van der Waals surface area contributed by atoms with Crippen LogP contribution in [0.25, 0.3) is 5.52 Å². The number of hydrogen-bond donors (Lipinski definition) is 0. The van der Waals surface area contributed by atoms with Crippen LogP contribution in [0.3, 0.4) is 0 Å². The highest BCUT2D eigenvalue weighted by Crippen LogP contribution is 2.37. The first-order valence-electron chi connectivity index (χ1n) is 9.80. The predicted octanol–water partition coefficient (Wildman–Crippen LogP) is 2.45. The van der Waals surface area contributed by atoms with E-state index in [-0.39, 0.29) is 29.7 Å². The molecule has 0 amide bonds. The topological polar surface area (TPSA) is 91.6 Å². The molecule has 30 heavy (non-hydrogen) atoms. The molecule has 3 aromatic heterocycles. The molecular weight excluding hydrogens is 384 g/mol. The smallest absolute Gasteiger partial charge is 0.275 e. The summed E-state index contributed by atoms with van der Waals surface area (Å²) >= 11 is 0. The first-order valence-corrected chi connectivity index (χ1v) is 9.80. The molecule has 0 spiro atoms. The highest BCUT2D eigenvalue weighted by atomic mass is 16.5. The molecule has 0 unspecified atom stereocenters. The third kappa shape index (κ3) is 3.35. The zero-order valence-electron chi connectivity index (χ0n) is 16.4. The van der Waals surface area contributed by atoms with Gasteiger partial charge in [-0.1, -0.05) is 41.1 Å². The molecule has 1 aliphatic rings. The van der Waals surface area contributed by atoms with Crippen LogP contribution in [0.2, 0.25) is 0 Å². The second kappa shape index (κ2) is 7.38. The highest BCUT2D eigenvalue weighted by Gasteiger charge is 2.31. The molecule has 5 rings (SSSR count). The van der Waals surface area contributed by atoms with Crippen molar-refractivity contribution in [2.24, 2.45) is 0 Å². The van der Waals surface area contributed by atoms with E-state index in [4.69, 9.17) is 9.26 Å². The van der Waals surface area contributed by atoms with Crippen LogP contribution in [0, 0.1) is 6.92 Å². The van der Waals surface area contributed by atoms with Crippen molar-refractivity contribution in [3.8, 4) is 0 Å². The number of nitrogens with zero attached hydrogens (tertiary/aromatic N) is 4. The van der Waals surface area contributed by atoms with Crippen molar-refractivity contribution in [2.45, 2.75) is 31.9 Å². The van der Waals surface area contributed by atoms with E-state index in [1.807, 2.05) is 0 Å². The van der Waals surface area contributed by atoms with Crippen LogP contribution in [0.5, 0.6) is 0 Å². The van der Waals surface area contributed by atoms with E-state index in [0.29, 0.717) is 23.8 Å². The molecular formula is C22H20N4O4. The van der Waals surface area contributed by atoms with E-state index in [1.54, 1.807) is 24.5 Å². The normalized spacial score (nSPS) is 18.8. The van der Waals surface area contributed by atoms with Crippen LogP contribution in [-0.2, 0) is 11.3 Å². The lowest BCUT2D eigenvalue weighted by molar-refractivity contribution is 0.110. The SMILES string of the molecule is Cc1ccc([C@H]2C[C@H](c3noc(Cn4ccn5c(=O)cccc5c4=O)n3)CO2)cc1. The minimum Gasteiger partial charge on any atom is -0.373 e. The summed E-state index contributed by atoms with van der Waals surface area (Å²) in [5.74, 6) is 0.971. The quantitative estimate of drug-likeness (QED) is 0.519. The average molecular weight is 404 g/mol. The molecule has 8 heteroatoms. The maximum absolute atomic E-state index is 12.7. The van der Waals surface area contributed by atoms with Gasteiger partial charge in [0.1, 0.15) is 12.1 Å². The van der Waals surface area contributed by atoms with Crippen molar-refractivity contribution in [3.05, 3.63) is 98.4 Å². The van der Waals surface area contributed by atoms with Gasteiger partial charge in [0.05, 0.1) is 12.7 Å². The van der Waals surface area contributed by atoms with Crippen molar-refractivity contribution in [2.75, 3.05) is 6.61 Å². The van der Waals surface area contributed by atoms with Gasteiger partial charge in [0, 0.05) is 24.4 Å². The van der Waals surface area contributed by atoms with Gasteiger partial charge in [-0.05, 0) is 25.0 Å². The van der Waals surface area contributed by atoms with Crippen molar-refractivity contribution >= 4 is 5.52 Å². The Labute approximate surface area is 171 Å². The molecule has 8 nitrogen and oxygen atoms in total. The first-order chi connectivity index (χ1) is 14.6. The molecule has 2 atom stereocenters. The molecule has 0 N–H and O–H groups in total. The summed E-state index contributed by atoms with van der Waals surface area (Å²) in [5.41, 5.74) is 2.12. The Morgan fingerprint density at radius 2 is 1.93 bits per heavy atom. The fourth-order valence-electron chi connectivity index (χ4n) is 3.78. The molecule has 0 aliphatic carbocycles. The summed E-state index contributed by atoms with van der Waals surface area (Å²) in [6, 6.07) is 12.9. The molecule has 0 saturated carbocycles. The minimum absolute atomic E-state index is 0.0129. The lowest BCUT2D eigenvalue weighted by Gasteiger charge is -2.09. The summed E-state index contributed by atoms with van der Waals surface area (Å²) < 4.78 is 14.1. The minimum atomic E-state index is -0.293. The van der Waals surface area contributed by atoms with Gasteiger partial charge >= 0.3 is 0 Å². The highest BCUT2D eigenvalue weighted by molar-refractivity contribution is 5.43. The van der Waals surface area contributed by atoms with E-state index in [9.17, 15) is 9.59 Å². The first kappa shape index (κ1) is 18.5. The van der Waals surface area contributed by atoms with Gasteiger partial charge in [-0.3, -0.25) is 14.0 Å². The fourth-order valence-corrected chi connectivity index (χ4v) is 3.78. The molecule has 4 aromatic rings. The van der Waals surface area contributed by atoms with Crippen LogP contribution in [0.4, 0.5) is 0 Å². The Morgan fingerprint density at radius 1 is 1.10 bits per heavy atom. The van der Waals surface area contributed by atoms with Crippen molar-refractivity contribution in [1.29, 1.82) is 0 Å². The Morgan fingerprint density at radius 3 is 2.77 bits per heavy atom. The van der Waals surface area contributed by atoms with E-state index in [1.165, 1.54) is 20.6 Å². The van der Waals surface area contributed by atoms with Gasteiger partial charge in [-0.25, -0.2) is 0 Å². The molecule has 0 radical (unpaired) electrons. The lowest BCUT2D eigenvalue weighted by Crippen LogP contribution is -2.26. The average Bonchev–Trinajstić information content (AvgIpc) is 3.41. The number of fused-ring (bicyclic) bond motifs is 1. The van der Waals surface area contributed by atoms with Crippen LogP contribution < -0.4 is 11.1 Å². The maximum Gasteiger partial charge on any atom is 0.275 e. The number of aromatic nitrogens is 4. The van der Waals surface area contributed by atoms with Crippen LogP contribution >= 0.6 is 0 Å². The third-order valence-corrected chi connectivity index (χ3v) is 5.47. The number of pyridine rings is 1. The molecule has 1 fully saturated rings. The molecule has 152 valence electrons. The van der Waals surface area contributed by atoms with Gasteiger partial charge in [-0.2, -0.15) is 4.98 Å². The summed E-state index contributed by atoms with van der Waals surface area (Å²) in [6.45, 7) is 2.72. The monoisotopic (exact) mass is 404 g/mol. The van der Waals surface area contributed by atoms with Gasteiger partial charge in [0.15, 0.2) is 5.82 Å². The van der Waals surface area contributed by atoms with Crippen LogP contribution in [0.1, 0.15) is 41.3 Å². The van der Waals surface area contributed by atoms with Crippen molar-refractivity contribution in [1.82, 2.24) is 19.1 Å². The summed E-state index contributed by atoms with van der Waals surface area (Å²) in [4.78, 5) is 29.0. The third-order valence-electron chi connectivity index (χ3n) is 5.47.